The SMILES string of the molecule is CCC(C)C(NC(=O)OC)C(=O)N1C[C@@H](COC)C[C@H]1c1nc2c(ccc3cc4c(cc32)OCc2cc(-c3cnc(C5C[C@H](C)CN5C(=O)[C@@H](NC(=O)OC)[C@@H](C)CC)[nH]3)ccc2-4)[nH]1.CCC(C)[C@H](NC(=O)OC)C(=O)O.CC[C@H](C)[C@H](NC(=O)OC)C(=O)N1C[C@@H](C)CC1c1ncc(-c2ccc3c(c2)COc2cc4c(ccc5[nH]c([C@@H]6C[C@H](COC)CN6C(=O)OC(C)(C)C)nc54)cc2-3)[nH]1. The lowest BCUT2D eigenvalue weighted by atomic mass is 9.92. The van der Waals surface area contributed by atoms with Gasteiger partial charge in [0.05, 0.1) is 112 Å². The van der Waals surface area contributed by atoms with E-state index in [9.17, 15) is 43.2 Å². The zero-order valence-corrected chi connectivity index (χ0v) is 81.2. The molecule has 9 N–H and O–H groups in total. The van der Waals surface area contributed by atoms with Crippen molar-refractivity contribution < 1.29 is 90.9 Å². The summed E-state index contributed by atoms with van der Waals surface area (Å²) in [5, 5.41) is 23.3. The summed E-state index contributed by atoms with van der Waals surface area (Å²) in [4.78, 5) is 155. The number of carbonyl (C=O) groups is 9. The van der Waals surface area contributed by atoms with Gasteiger partial charge in [0.25, 0.3) is 0 Å². The third-order valence-corrected chi connectivity index (χ3v) is 27.6. The maximum atomic E-state index is 14.2. The number of carbonyl (C=O) groups excluding carboxylic acids is 8. The number of hydrogen-bond donors (Lipinski definition) is 9. The molecule has 728 valence electrons. The van der Waals surface area contributed by atoms with Crippen LogP contribution in [-0.4, -0.2) is 231 Å². The third-order valence-electron chi connectivity index (χ3n) is 27.6. The van der Waals surface area contributed by atoms with Gasteiger partial charge in [-0.15, -0.1) is 0 Å². The van der Waals surface area contributed by atoms with Crippen LogP contribution in [0.3, 0.4) is 0 Å². The molecule has 0 saturated carbocycles. The number of alkyl carbamates (subject to hydrolysis) is 4. The summed E-state index contributed by atoms with van der Waals surface area (Å²) in [6.45, 7) is 29.3. The monoisotopic (exact) mass is 1870 g/mol. The van der Waals surface area contributed by atoms with Crippen molar-refractivity contribution in [2.75, 3.05) is 82.1 Å². The number of nitrogens with zero attached hydrogens (tertiary/aromatic N) is 8. The lowest BCUT2D eigenvalue weighted by molar-refractivity contribution is -0.141. The van der Waals surface area contributed by atoms with E-state index in [2.05, 4.69) is 133 Å². The number of carboxylic acid groups (broad SMARTS) is 1. The highest BCUT2D eigenvalue weighted by Crippen LogP contribution is 2.48. The molecular formula is C101H130N16O19. The number of amides is 8. The van der Waals surface area contributed by atoms with Crippen molar-refractivity contribution in [1.29, 1.82) is 0 Å². The van der Waals surface area contributed by atoms with Crippen molar-refractivity contribution >= 4 is 97.8 Å². The van der Waals surface area contributed by atoms with E-state index in [4.69, 9.17) is 62.9 Å². The number of likely N-dealkylation sites (tertiary alicyclic amines) is 4. The number of benzene rings is 6. The Kier molecular flexibility index (Phi) is 30.9. The second kappa shape index (κ2) is 42.5. The van der Waals surface area contributed by atoms with Gasteiger partial charge in [-0.2, -0.15) is 0 Å². The number of nitrogens with one attached hydrogen (secondary N) is 8. The molecule has 6 aliphatic rings. The Morgan fingerprint density at radius 3 is 1.18 bits per heavy atom. The Labute approximate surface area is 791 Å². The first-order valence-electron chi connectivity index (χ1n) is 47.2. The van der Waals surface area contributed by atoms with Crippen LogP contribution in [0, 0.1) is 47.3 Å². The van der Waals surface area contributed by atoms with E-state index in [0.29, 0.717) is 83.5 Å². The number of aromatic amines is 4. The molecule has 6 aliphatic heterocycles. The Morgan fingerprint density at radius 2 is 0.809 bits per heavy atom. The fraction of sp³-hybridized carbons (Fsp3) is 0.515. The first-order chi connectivity index (χ1) is 65.1. The molecule has 16 rings (SSSR count). The lowest BCUT2D eigenvalue weighted by Gasteiger charge is -2.30. The van der Waals surface area contributed by atoms with E-state index >= 15 is 0 Å². The maximum absolute atomic E-state index is 14.2. The third kappa shape index (κ3) is 21.3. The molecule has 10 heterocycles. The van der Waals surface area contributed by atoms with Crippen LogP contribution in [0.15, 0.2) is 97.3 Å². The van der Waals surface area contributed by atoms with E-state index < -0.39 is 60.1 Å². The van der Waals surface area contributed by atoms with Crippen molar-refractivity contribution in [2.45, 2.75) is 209 Å². The standard InChI is InChI=1S/C48H60N8O8.C45H55N7O7.C8H15NO4/c1-9-26(4)40(53-47(59)62-7)45(57)55-21-25(3)15-37(55)43-49-20-36(51-43)30-11-13-32-31(17-30)24-64-39-19-33-29(18-34(32)39)12-14-35-42(33)52-44(50-35)38-16-28(23-61-6)22-56(38)46(58)41(27(5)10-2)54-48(60)63-8;1-9-25(3)38(50-43(54)57-8)42(53)51-20-24(2)14-35(51)40-46-19-34(48-40)28-10-12-30-29(16-28)23-58-37-18-31-27(17-32(30)37)11-13-33-39(31)49-41(47-33)36-15-26(22-56-7)21-52(36)44(55)59-45(4,5)6;1-4-5(2)6(7(10)11)9-8(12)13-3/h11-14,17-20,25-28,37-38,40-41H,9-10,15-16,21-24H2,1-8H3,(H,49,51)(H,50,52)(H,53,59)(H,54,60);10-13,16-19,24-26,35-36,38H,9,14-15,20-23H2,1-8H3,(H,46,48)(H,47,49)(H,50,54);5-6H,4H2,1-3H3,(H,9,12)(H,10,11)/t25-,26-,27?,28-,37?,38-,40-,41?;24-,25-,26-,35?,36-,38-;5?,6-/m000/s1. The van der Waals surface area contributed by atoms with Gasteiger partial charge >= 0.3 is 36.4 Å². The lowest BCUT2D eigenvalue weighted by Crippen LogP contribution is -2.51. The van der Waals surface area contributed by atoms with Gasteiger partial charge in [-0.1, -0.05) is 131 Å². The van der Waals surface area contributed by atoms with Gasteiger partial charge in [-0.25, -0.2) is 48.7 Å². The quantitative estimate of drug-likeness (QED) is 0.0227. The molecule has 0 aliphatic carbocycles. The fourth-order valence-electron chi connectivity index (χ4n) is 19.5. The second-order valence-corrected chi connectivity index (χ2v) is 38.3. The van der Waals surface area contributed by atoms with E-state index in [1.54, 1.807) is 26.0 Å². The first kappa shape index (κ1) is 98.9. The molecule has 0 radical (unpaired) electrons. The summed E-state index contributed by atoms with van der Waals surface area (Å²) >= 11 is 0. The number of rotatable bonds is 26. The minimum atomic E-state index is -1.04. The summed E-state index contributed by atoms with van der Waals surface area (Å²) in [5.41, 5.74) is 12.6. The minimum absolute atomic E-state index is 0.0690. The summed E-state index contributed by atoms with van der Waals surface area (Å²) in [7, 11) is 8.45. The van der Waals surface area contributed by atoms with E-state index in [-0.39, 0.29) is 95.3 Å². The van der Waals surface area contributed by atoms with Crippen LogP contribution in [0.5, 0.6) is 11.5 Å². The number of carboxylic acids is 1. The number of H-pyrrole nitrogens is 4. The highest BCUT2D eigenvalue weighted by atomic mass is 16.6. The smallest absolute Gasteiger partial charge is 0.410 e. The van der Waals surface area contributed by atoms with Crippen LogP contribution >= 0.6 is 0 Å². The molecule has 4 saturated heterocycles. The Morgan fingerprint density at radius 1 is 0.449 bits per heavy atom. The van der Waals surface area contributed by atoms with Gasteiger partial charge in [0.15, 0.2) is 0 Å². The van der Waals surface area contributed by atoms with Gasteiger partial charge < -0.3 is 104 Å². The molecule has 0 bridgehead atoms. The Hall–Kier alpha value is -13.1. The van der Waals surface area contributed by atoms with E-state index in [1.807, 2.05) is 108 Å². The average Bonchev–Trinajstić information content (AvgIpc) is 1.45. The molecule has 35 heteroatoms. The molecule has 4 aromatic heterocycles. The van der Waals surface area contributed by atoms with E-state index in [1.165, 1.54) is 28.4 Å². The molecule has 136 heavy (non-hydrogen) atoms. The predicted octanol–water partition coefficient (Wildman–Crippen LogP) is 16.8. The predicted molar refractivity (Wildman–Crippen MR) is 511 cm³/mol. The van der Waals surface area contributed by atoms with Gasteiger partial charge in [0.2, 0.25) is 17.7 Å². The molecule has 16 atom stereocenters. The molecule has 6 aromatic carbocycles. The number of methoxy groups -OCH3 is 6. The van der Waals surface area contributed by atoms with Crippen LogP contribution < -0.4 is 30.7 Å². The van der Waals surface area contributed by atoms with Gasteiger partial charge in [0.1, 0.15) is 77.8 Å². The van der Waals surface area contributed by atoms with Crippen LogP contribution in [0.2, 0.25) is 0 Å². The van der Waals surface area contributed by atoms with Gasteiger partial charge in [0, 0.05) is 74.1 Å². The number of fused-ring (bicyclic) bond motifs is 12. The fourth-order valence-corrected chi connectivity index (χ4v) is 19.5. The van der Waals surface area contributed by atoms with Crippen LogP contribution in [0.1, 0.15) is 200 Å². The summed E-state index contributed by atoms with van der Waals surface area (Å²) in [5.74, 6) is 3.32. The molecule has 10 aromatic rings. The number of aliphatic carboxylic acids is 1. The first-order valence-corrected chi connectivity index (χ1v) is 47.2. The van der Waals surface area contributed by atoms with Crippen LogP contribution in [0.4, 0.5) is 24.0 Å². The van der Waals surface area contributed by atoms with Crippen LogP contribution in [0.25, 0.3) is 88.4 Å². The summed E-state index contributed by atoms with van der Waals surface area (Å²) < 4.78 is 48.6. The number of aromatic nitrogens is 8. The van der Waals surface area contributed by atoms with Crippen molar-refractivity contribution in [3.8, 4) is 56.3 Å². The molecule has 0 spiro atoms. The summed E-state index contributed by atoms with van der Waals surface area (Å²) in [6, 6.07) is 25.2. The molecule has 5 unspecified atom stereocenters. The molecule has 8 amide bonds. The van der Waals surface area contributed by atoms with Gasteiger partial charge in [-0.05, 0) is 175 Å². The largest absolute Gasteiger partial charge is 0.488 e. The average molecular weight is 1870 g/mol. The van der Waals surface area contributed by atoms with Crippen molar-refractivity contribution in [1.82, 2.24) is 80.7 Å². The summed E-state index contributed by atoms with van der Waals surface area (Å²) in [6.07, 6.45) is 6.41. The van der Waals surface area contributed by atoms with E-state index in [0.717, 1.165) is 155 Å². The number of imidazole rings is 4. The molecule has 35 nitrogen and oxygen atoms in total. The van der Waals surface area contributed by atoms with Gasteiger partial charge in [-0.3, -0.25) is 19.3 Å². The number of ether oxygens (including phenoxy) is 9. The van der Waals surface area contributed by atoms with Crippen molar-refractivity contribution in [2.24, 2.45) is 47.3 Å². The minimum Gasteiger partial charge on any atom is -0.488 e. The number of hydrogen-bond acceptors (Lipinski definition) is 22. The highest BCUT2D eigenvalue weighted by Gasteiger charge is 2.47. The van der Waals surface area contributed by atoms with Crippen molar-refractivity contribution in [3.05, 3.63) is 132 Å². The molecule has 4 fully saturated rings. The Bertz CT molecular complexity index is 6060. The zero-order chi connectivity index (χ0) is 97.6. The zero-order valence-electron chi connectivity index (χ0n) is 81.2. The topological polar surface area (TPSA) is 433 Å². The Balaban J connectivity index is 0.000000193. The second-order valence-electron chi connectivity index (χ2n) is 38.3. The normalized spacial score (nSPS) is 20.5. The maximum Gasteiger partial charge on any atom is 0.410 e. The van der Waals surface area contributed by atoms with Crippen molar-refractivity contribution in [3.63, 3.8) is 0 Å². The van der Waals surface area contributed by atoms with Crippen LogP contribution in [-0.2, 0) is 65.5 Å². The highest BCUT2D eigenvalue weighted by molar-refractivity contribution is 6.08. The molecular weight excluding hydrogens is 1740 g/mol.